The summed E-state index contributed by atoms with van der Waals surface area (Å²) >= 11 is 6.30. The van der Waals surface area contributed by atoms with Gasteiger partial charge >= 0.3 is 11.9 Å². The van der Waals surface area contributed by atoms with Gasteiger partial charge in [-0.05, 0) is 44.2 Å². The Morgan fingerprint density at radius 1 is 1.13 bits per heavy atom. The maximum Gasteiger partial charge on any atom is 0.360 e. The fourth-order valence-corrected chi connectivity index (χ4v) is 4.02. The molecule has 38 heavy (non-hydrogen) atoms. The molecule has 2 aromatic carbocycles. The predicted molar refractivity (Wildman–Crippen MR) is 137 cm³/mol. The lowest BCUT2D eigenvalue weighted by Gasteiger charge is -2.21. The first-order valence-corrected chi connectivity index (χ1v) is 11.8. The van der Waals surface area contributed by atoms with E-state index in [9.17, 15) is 19.2 Å². The summed E-state index contributed by atoms with van der Waals surface area (Å²) in [5.74, 6) is -2.03. The molecule has 1 N–H and O–H groups in total. The second kappa shape index (κ2) is 10.8. The highest BCUT2D eigenvalue weighted by Crippen LogP contribution is 2.27. The maximum absolute atomic E-state index is 13.8. The van der Waals surface area contributed by atoms with Crippen LogP contribution in [0.2, 0.25) is 5.02 Å². The van der Waals surface area contributed by atoms with Gasteiger partial charge in [0.25, 0.3) is 11.5 Å². The summed E-state index contributed by atoms with van der Waals surface area (Å²) in [7, 11) is 2.70. The van der Waals surface area contributed by atoms with E-state index in [0.717, 1.165) is 0 Å². The predicted octanol–water partition coefficient (Wildman–Crippen LogP) is 2.68. The summed E-state index contributed by atoms with van der Waals surface area (Å²) in [5, 5.41) is 11.1. The molecule has 0 aliphatic carbocycles. The number of nitrogens with zero attached hydrogens (tertiary/aromatic N) is 5. The number of hydrogen-bond donors (Lipinski definition) is 1. The average molecular weight is 539 g/mol. The van der Waals surface area contributed by atoms with Gasteiger partial charge in [-0.3, -0.25) is 14.2 Å². The first-order valence-electron chi connectivity index (χ1n) is 11.4. The number of methoxy groups -OCH3 is 1. The van der Waals surface area contributed by atoms with E-state index >= 15 is 0 Å². The van der Waals surface area contributed by atoms with Crippen LogP contribution in [0.25, 0.3) is 10.9 Å². The molecule has 4 aromatic rings. The van der Waals surface area contributed by atoms with Crippen molar-refractivity contribution in [2.75, 3.05) is 19.0 Å². The van der Waals surface area contributed by atoms with Crippen molar-refractivity contribution in [1.29, 1.82) is 0 Å². The first-order chi connectivity index (χ1) is 18.2. The van der Waals surface area contributed by atoms with E-state index in [0.29, 0.717) is 10.9 Å². The van der Waals surface area contributed by atoms with E-state index in [2.05, 4.69) is 20.6 Å². The van der Waals surface area contributed by atoms with E-state index in [1.54, 1.807) is 31.2 Å². The van der Waals surface area contributed by atoms with Gasteiger partial charge in [-0.15, -0.1) is 5.10 Å². The van der Waals surface area contributed by atoms with Gasteiger partial charge in [0.2, 0.25) is 0 Å². The van der Waals surface area contributed by atoms with Crippen LogP contribution in [-0.4, -0.2) is 56.1 Å². The van der Waals surface area contributed by atoms with Crippen LogP contribution >= 0.6 is 11.6 Å². The second-order valence-electron chi connectivity index (χ2n) is 8.12. The SMILES string of the molecule is CCOC(=O)c1nnn(C(C(=O)Nc2cc(C(=O)OC)ccc2Cl)c2nc3ccccc3c(=O)n2C)c1C. The average Bonchev–Trinajstić information content (AvgIpc) is 3.28. The Bertz CT molecular complexity index is 1630. The molecule has 4 rings (SSSR count). The van der Waals surface area contributed by atoms with Gasteiger partial charge in [-0.2, -0.15) is 0 Å². The summed E-state index contributed by atoms with van der Waals surface area (Å²) in [5.41, 5.74) is 0.344. The number of fused-ring (bicyclic) bond motifs is 1. The molecular formula is C25H23ClN6O6. The molecule has 196 valence electrons. The summed E-state index contributed by atoms with van der Waals surface area (Å²) in [6, 6.07) is 9.56. The van der Waals surface area contributed by atoms with Crippen LogP contribution in [0.3, 0.4) is 0 Å². The molecule has 0 bridgehead atoms. The van der Waals surface area contributed by atoms with Gasteiger partial charge in [-0.1, -0.05) is 28.9 Å². The Morgan fingerprint density at radius 3 is 2.58 bits per heavy atom. The monoisotopic (exact) mass is 538 g/mol. The van der Waals surface area contributed by atoms with Crippen LogP contribution in [0.5, 0.6) is 0 Å². The lowest BCUT2D eigenvalue weighted by atomic mass is 10.1. The van der Waals surface area contributed by atoms with Crippen molar-refractivity contribution >= 4 is 46.0 Å². The molecule has 2 aromatic heterocycles. The number of rotatable bonds is 7. The Labute approximate surface area is 221 Å². The molecule has 0 saturated heterocycles. The summed E-state index contributed by atoms with van der Waals surface area (Å²) in [6.07, 6.45) is 0. The number of hydrogen-bond acceptors (Lipinski definition) is 9. The van der Waals surface area contributed by atoms with Gasteiger partial charge < -0.3 is 14.8 Å². The molecule has 1 amide bonds. The number of carbonyl (C=O) groups is 3. The molecule has 12 nitrogen and oxygen atoms in total. The van der Waals surface area contributed by atoms with Crippen molar-refractivity contribution in [2.24, 2.45) is 7.05 Å². The zero-order valence-electron chi connectivity index (χ0n) is 20.9. The second-order valence-corrected chi connectivity index (χ2v) is 8.53. The fraction of sp³-hybridized carbons (Fsp3) is 0.240. The number of aromatic nitrogens is 5. The highest BCUT2D eigenvalue weighted by Gasteiger charge is 2.33. The van der Waals surface area contributed by atoms with Crippen molar-refractivity contribution in [3.8, 4) is 0 Å². The lowest BCUT2D eigenvalue weighted by molar-refractivity contribution is -0.118. The molecule has 13 heteroatoms. The molecular weight excluding hydrogens is 516 g/mol. The van der Waals surface area contributed by atoms with Crippen LogP contribution in [0.15, 0.2) is 47.3 Å². The largest absolute Gasteiger partial charge is 0.465 e. The minimum absolute atomic E-state index is 0.0230. The topological polar surface area (TPSA) is 147 Å². The van der Waals surface area contributed by atoms with Crippen molar-refractivity contribution in [3.05, 3.63) is 80.6 Å². The van der Waals surface area contributed by atoms with Gasteiger partial charge in [-0.25, -0.2) is 19.3 Å². The Hall–Kier alpha value is -4.58. The van der Waals surface area contributed by atoms with Crippen LogP contribution in [-0.2, 0) is 21.3 Å². The van der Waals surface area contributed by atoms with Crippen molar-refractivity contribution in [2.45, 2.75) is 19.9 Å². The number of anilines is 1. The molecule has 0 aliphatic heterocycles. The van der Waals surface area contributed by atoms with Crippen LogP contribution in [0, 0.1) is 6.92 Å². The molecule has 0 aliphatic rings. The number of esters is 2. The van der Waals surface area contributed by atoms with Gasteiger partial charge in [0, 0.05) is 7.05 Å². The minimum Gasteiger partial charge on any atom is -0.465 e. The van der Waals surface area contributed by atoms with Gasteiger partial charge in [0.1, 0.15) is 5.82 Å². The Balaban J connectivity index is 1.88. The molecule has 2 heterocycles. The lowest BCUT2D eigenvalue weighted by Crippen LogP contribution is -2.35. The van der Waals surface area contributed by atoms with E-state index < -0.39 is 29.4 Å². The minimum atomic E-state index is -1.37. The quantitative estimate of drug-likeness (QED) is 0.350. The third-order valence-corrected chi connectivity index (χ3v) is 6.13. The van der Waals surface area contributed by atoms with E-state index in [-0.39, 0.29) is 40.1 Å². The van der Waals surface area contributed by atoms with Crippen LogP contribution < -0.4 is 10.9 Å². The molecule has 0 saturated carbocycles. The molecule has 1 unspecified atom stereocenters. The fourth-order valence-electron chi connectivity index (χ4n) is 3.86. The van der Waals surface area contributed by atoms with Crippen molar-refractivity contribution < 1.29 is 23.9 Å². The molecule has 0 fully saturated rings. The zero-order valence-corrected chi connectivity index (χ0v) is 21.6. The smallest absolute Gasteiger partial charge is 0.360 e. The van der Waals surface area contributed by atoms with E-state index in [1.165, 1.54) is 48.5 Å². The number of ether oxygens (including phenoxy) is 2. The van der Waals surface area contributed by atoms with Gasteiger partial charge in [0.15, 0.2) is 11.7 Å². The Morgan fingerprint density at radius 2 is 1.87 bits per heavy atom. The standard InChI is InChI=1S/C25H23ClN6O6/c1-5-38-25(36)19-13(2)32(30-29-19)20(21-27-17-9-7-6-8-15(17)23(34)31(21)3)22(33)28-18-12-14(24(35)37-4)10-11-16(18)26/h6-12,20H,5H2,1-4H3,(H,28,33). The normalized spacial score (nSPS) is 11.7. The number of nitrogens with one attached hydrogen (secondary N) is 1. The summed E-state index contributed by atoms with van der Waals surface area (Å²) in [4.78, 5) is 56.0. The zero-order chi connectivity index (χ0) is 27.6. The molecule has 1 atom stereocenters. The highest BCUT2D eigenvalue weighted by atomic mass is 35.5. The van der Waals surface area contributed by atoms with Crippen molar-refractivity contribution in [1.82, 2.24) is 24.5 Å². The maximum atomic E-state index is 13.8. The highest BCUT2D eigenvalue weighted by molar-refractivity contribution is 6.34. The third-order valence-electron chi connectivity index (χ3n) is 5.80. The number of halogens is 1. The van der Waals surface area contributed by atoms with Gasteiger partial charge in [0.05, 0.1) is 46.6 Å². The molecule has 0 spiro atoms. The van der Waals surface area contributed by atoms with Crippen LogP contribution in [0.1, 0.15) is 45.3 Å². The number of para-hydroxylation sites is 1. The van der Waals surface area contributed by atoms with E-state index in [4.69, 9.17) is 21.1 Å². The number of amides is 1. The van der Waals surface area contributed by atoms with E-state index in [1.807, 2.05) is 0 Å². The third kappa shape index (κ3) is 4.85. The molecule has 0 radical (unpaired) electrons. The summed E-state index contributed by atoms with van der Waals surface area (Å²) in [6.45, 7) is 3.30. The number of benzene rings is 2. The Kier molecular flexibility index (Phi) is 7.53. The summed E-state index contributed by atoms with van der Waals surface area (Å²) < 4.78 is 12.2. The number of carbonyl (C=O) groups excluding carboxylic acids is 3. The van der Waals surface area contributed by atoms with Crippen LogP contribution in [0.4, 0.5) is 5.69 Å². The van der Waals surface area contributed by atoms with Crippen molar-refractivity contribution in [3.63, 3.8) is 0 Å². The first kappa shape index (κ1) is 26.5.